The van der Waals surface area contributed by atoms with Crippen LogP contribution in [0.3, 0.4) is 0 Å². The van der Waals surface area contributed by atoms with Gasteiger partial charge in [0.2, 0.25) is 0 Å². The molecule has 0 atom stereocenters. The van der Waals surface area contributed by atoms with Crippen molar-refractivity contribution in [1.29, 1.82) is 0 Å². The summed E-state index contributed by atoms with van der Waals surface area (Å²) in [5, 5.41) is 6.07. The number of rotatable bonds is 7. The molecule has 2 aromatic heterocycles. The van der Waals surface area contributed by atoms with Crippen molar-refractivity contribution in [3.05, 3.63) is 188 Å². The molecule has 0 saturated heterocycles. The van der Waals surface area contributed by atoms with Crippen LogP contribution < -0.4 is 10.1 Å². The Hall–Kier alpha value is -6.60. The zero-order chi connectivity index (χ0) is 36.0. The van der Waals surface area contributed by atoms with E-state index in [4.69, 9.17) is 9.92 Å². The topological polar surface area (TPSA) is 33.5 Å². The summed E-state index contributed by atoms with van der Waals surface area (Å²) in [4.78, 5) is 13.4. The van der Waals surface area contributed by atoms with E-state index in [1.807, 2.05) is 30.4 Å². The molecular weight excluding hydrogens is 681 g/mol. The van der Waals surface area contributed by atoms with Gasteiger partial charge >= 0.3 is 0 Å². The van der Waals surface area contributed by atoms with Crippen molar-refractivity contribution in [3.8, 4) is 39.2 Å². The molecular formula is C48H34N4OS. The van der Waals surface area contributed by atoms with Crippen LogP contribution in [0.25, 0.3) is 61.0 Å². The Kier molecular flexibility index (Phi) is 7.98. The Morgan fingerprint density at radius 3 is 1.93 bits per heavy atom. The van der Waals surface area contributed by atoms with Gasteiger partial charge in [-0.2, -0.15) is 5.06 Å². The molecule has 0 radical (unpaired) electrons. The Balaban J connectivity index is 1.09. The first-order chi connectivity index (χ1) is 26.7. The third kappa shape index (κ3) is 5.60. The van der Waals surface area contributed by atoms with Crippen LogP contribution in [0.15, 0.2) is 198 Å². The van der Waals surface area contributed by atoms with Gasteiger partial charge in [0.1, 0.15) is 5.82 Å². The molecule has 0 amide bonds. The first-order valence-corrected chi connectivity index (χ1v) is 18.8. The van der Waals surface area contributed by atoms with Gasteiger partial charge in [-0.25, -0.2) is 10.0 Å². The van der Waals surface area contributed by atoms with Crippen molar-refractivity contribution in [2.45, 2.75) is 9.79 Å². The van der Waals surface area contributed by atoms with E-state index in [9.17, 15) is 0 Å². The minimum Gasteiger partial charge on any atom is -0.294 e. The van der Waals surface area contributed by atoms with Crippen LogP contribution in [0.1, 0.15) is 0 Å². The van der Waals surface area contributed by atoms with Crippen molar-refractivity contribution in [2.24, 2.45) is 0 Å². The second-order valence-electron chi connectivity index (χ2n) is 13.4. The van der Waals surface area contributed by atoms with Gasteiger partial charge in [0.25, 0.3) is 0 Å². The predicted octanol–water partition coefficient (Wildman–Crippen LogP) is 12.8. The molecule has 9 aromatic rings. The third-order valence-corrected chi connectivity index (χ3v) is 11.1. The smallest absolute Gasteiger partial charge is 0.138 e. The number of anilines is 3. The molecule has 0 N–H and O–H groups in total. The number of hydroxylamine groups is 1. The predicted molar refractivity (Wildman–Crippen MR) is 224 cm³/mol. The Morgan fingerprint density at radius 2 is 1.15 bits per heavy atom. The van der Waals surface area contributed by atoms with Crippen LogP contribution in [0.5, 0.6) is 0 Å². The zero-order valence-corrected chi connectivity index (χ0v) is 30.3. The van der Waals surface area contributed by atoms with Crippen molar-refractivity contribution < 1.29 is 4.94 Å². The largest absolute Gasteiger partial charge is 0.294 e. The highest BCUT2D eigenvalue weighted by Gasteiger charge is 2.26. The van der Waals surface area contributed by atoms with Gasteiger partial charge in [-0.1, -0.05) is 133 Å². The monoisotopic (exact) mass is 714 g/mol. The van der Waals surface area contributed by atoms with E-state index in [-0.39, 0.29) is 0 Å². The zero-order valence-electron chi connectivity index (χ0n) is 29.5. The second-order valence-corrected chi connectivity index (χ2v) is 14.5. The summed E-state index contributed by atoms with van der Waals surface area (Å²) >= 11 is 1.74. The van der Waals surface area contributed by atoms with Crippen molar-refractivity contribution in [2.75, 3.05) is 17.2 Å². The van der Waals surface area contributed by atoms with E-state index in [0.29, 0.717) is 0 Å². The Bertz CT molecular complexity index is 2760. The lowest BCUT2D eigenvalue weighted by atomic mass is 9.88. The molecule has 5 nitrogen and oxygen atoms in total. The molecule has 6 heteroatoms. The lowest BCUT2D eigenvalue weighted by molar-refractivity contribution is 0.142. The van der Waals surface area contributed by atoms with Crippen LogP contribution in [-0.4, -0.2) is 16.6 Å². The molecule has 0 fully saturated rings. The number of benzene rings is 7. The Morgan fingerprint density at radius 1 is 0.500 bits per heavy atom. The summed E-state index contributed by atoms with van der Waals surface area (Å²) in [6.45, 7) is 0. The van der Waals surface area contributed by atoms with Crippen LogP contribution in [0, 0.1) is 0 Å². The molecule has 3 heterocycles. The van der Waals surface area contributed by atoms with Crippen LogP contribution in [0.4, 0.5) is 17.1 Å². The summed E-state index contributed by atoms with van der Waals surface area (Å²) in [5.74, 6) is 0.874. The maximum atomic E-state index is 6.13. The number of hydrogen-bond donors (Lipinski definition) is 0. The average Bonchev–Trinajstić information content (AvgIpc) is 3.75. The fraction of sp³-hybridized carbons (Fsp3) is 0.0208. The van der Waals surface area contributed by atoms with Gasteiger partial charge in [0.05, 0.1) is 28.1 Å². The molecule has 0 saturated carbocycles. The van der Waals surface area contributed by atoms with E-state index in [1.54, 1.807) is 16.8 Å². The SMILES string of the molecule is CN1ON(c2cccc(Sc3ccc4c5ccccc5n(-c5cc(-c6c(-c7ccccc7)cccc6-c6ccccc6)ccn5)c4c3)c2)c2ccccc21. The van der Waals surface area contributed by atoms with Gasteiger partial charge in [0, 0.05) is 33.8 Å². The highest BCUT2D eigenvalue weighted by Crippen LogP contribution is 2.44. The minimum absolute atomic E-state index is 0.874. The highest BCUT2D eigenvalue weighted by molar-refractivity contribution is 7.99. The molecule has 258 valence electrons. The lowest BCUT2D eigenvalue weighted by Crippen LogP contribution is -2.20. The molecule has 0 aliphatic carbocycles. The average molecular weight is 715 g/mol. The third-order valence-electron chi connectivity index (χ3n) is 10.1. The van der Waals surface area contributed by atoms with E-state index >= 15 is 0 Å². The summed E-state index contributed by atoms with van der Waals surface area (Å²) in [6, 6.07) is 64.4. The maximum absolute atomic E-state index is 6.13. The molecule has 10 rings (SSSR count). The fourth-order valence-corrected chi connectivity index (χ4v) is 8.55. The summed E-state index contributed by atoms with van der Waals surface area (Å²) in [5.41, 5.74) is 12.3. The van der Waals surface area contributed by atoms with Gasteiger partial charge < -0.3 is 0 Å². The van der Waals surface area contributed by atoms with E-state index in [0.717, 1.165) is 49.3 Å². The minimum atomic E-state index is 0.874. The molecule has 0 spiro atoms. The molecule has 7 aromatic carbocycles. The molecule has 0 bridgehead atoms. The lowest BCUT2D eigenvalue weighted by Gasteiger charge is -2.18. The van der Waals surface area contributed by atoms with Gasteiger partial charge in [-0.3, -0.25) is 4.57 Å². The van der Waals surface area contributed by atoms with Crippen molar-refractivity contribution >= 4 is 50.6 Å². The number of aromatic nitrogens is 2. The normalized spacial score (nSPS) is 12.5. The number of para-hydroxylation sites is 3. The summed E-state index contributed by atoms with van der Waals surface area (Å²) in [7, 11) is 1.93. The fourth-order valence-electron chi connectivity index (χ4n) is 7.64. The standard InChI is InChI=1S/C48H34N4OS/c1-50-44-24-10-11-25-45(44)52(53-50)36-18-12-19-37(31-36)54-38-26-27-42-41-20-8-9-23-43(41)51(46(42)32-38)47-30-35(28-29-49-47)48-39(33-14-4-2-5-15-33)21-13-22-40(48)34-16-6-3-7-17-34/h2-32H,1H3. The van der Waals surface area contributed by atoms with Crippen LogP contribution >= 0.6 is 11.8 Å². The molecule has 1 aliphatic heterocycles. The van der Waals surface area contributed by atoms with Crippen LogP contribution in [0.2, 0.25) is 0 Å². The second kappa shape index (κ2) is 13.4. The maximum Gasteiger partial charge on any atom is 0.138 e. The molecule has 0 unspecified atom stereocenters. The van der Waals surface area contributed by atoms with Gasteiger partial charge in [-0.15, -0.1) is 4.94 Å². The first kappa shape index (κ1) is 32.1. The van der Waals surface area contributed by atoms with Crippen LogP contribution in [-0.2, 0) is 4.94 Å². The number of hydrogen-bond acceptors (Lipinski definition) is 5. The molecule has 54 heavy (non-hydrogen) atoms. The number of fused-ring (bicyclic) bond motifs is 4. The van der Waals surface area contributed by atoms with Gasteiger partial charge in [0.15, 0.2) is 0 Å². The molecule has 1 aliphatic rings. The summed E-state index contributed by atoms with van der Waals surface area (Å²) < 4.78 is 2.31. The Labute approximate surface area is 318 Å². The number of pyridine rings is 1. The number of nitrogens with zero attached hydrogens (tertiary/aromatic N) is 4. The van der Waals surface area contributed by atoms with E-state index in [1.165, 1.54) is 38.6 Å². The van der Waals surface area contributed by atoms with E-state index < -0.39 is 0 Å². The van der Waals surface area contributed by atoms with Crippen molar-refractivity contribution in [1.82, 2.24) is 9.55 Å². The van der Waals surface area contributed by atoms with E-state index in [2.05, 4.69) is 174 Å². The first-order valence-electron chi connectivity index (χ1n) is 18.0. The highest BCUT2D eigenvalue weighted by atomic mass is 32.2. The van der Waals surface area contributed by atoms with Crippen molar-refractivity contribution in [3.63, 3.8) is 0 Å². The summed E-state index contributed by atoms with van der Waals surface area (Å²) in [6.07, 6.45) is 1.95. The quantitative estimate of drug-likeness (QED) is 0.164. The van der Waals surface area contributed by atoms with Gasteiger partial charge in [-0.05, 0) is 94.0 Å².